The average Bonchev–Trinajstić information content (AvgIpc) is 2.71. The molecule has 2 rings (SSSR count). The van der Waals surface area contributed by atoms with E-state index in [1.165, 1.54) is 0 Å². The van der Waals surface area contributed by atoms with Crippen LogP contribution < -0.4 is 5.32 Å². The molecule has 0 radical (unpaired) electrons. The molecule has 0 aliphatic carbocycles. The Morgan fingerprint density at radius 3 is 2.31 bits per heavy atom. The second kappa shape index (κ2) is 11.8. The summed E-state index contributed by atoms with van der Waals surface area (Å²) in [5, 5.41) is 3.82. The van der Waals surface area contributed by atoms with Crippen LogP contribution in [0.5, 0.6) is 0 Å². The predicted molar refractivity (Wildman–Crippen MR) is 119 cm³/mol. The van der Waals surface area contributed by atoms with Crippen LogP contribution in [0.1, 0.15) is 37.8 Å². The zero-order valence-electron chi connectivity index (χ0n) is 17.0. The van der Waals surface area contributed by atoms with Crippen molar-refractivity contribution in [2.24, 2.45) is 0 Å². The summed E-state index contributed by atoms with van der Waals surface area (Å²) in [4.78, 5) is 27.4. The molecule has 0 saturated heterocycles. The second-order valence-electron chi connectivity index (χ2n) is 7.02. The molecular weight excluding hydrogens is 407 g/mol. The number of halogens is 2. The number of nitrogens with one attached hydrogen (secondary N) is 1. The van der Waals surface area contributed by atoms with Gasteiger partial charge in [-0.1, -0.05) is 72.9 Å². The molecule has 2 amide bonds. The molecule has 0 heterocycles. The summed E-state index contributed by atoms with van der Waals surface area (Å²) in [5.41, 5.74) is 1.70. The normalized spacial score (nSPS) is 11.7. The number of hydrogen-bond acceptors (Lipinski definition) is 2. The second-order valence-corrected chi connectivity index (χ2v) is 7.83. The van der Waals surface area contributed by atoms with Crippen molar-refractivity contribution >= 4 is 35.0 Å². The Morgan fingerprint density at radius 1 is 1.03 bits per heavy atom. The van der Waals surface area contributed by atoms with Gasteiger partial charge in [0, 0.05) is 23.1 Å². The van der Waals surface area contributed by atoms with E-state index in [9.17, 15) is 9.59 Å². The Hall–Kier alpha value is -2.04. The lowest BCUT2D eigenvalue weighted by Gasteiger charge is -2.29. The molecule has 6 heteroatoms. The molecule has 0 aromatic heterocycles. The van der Waals surface area contributed by atoms with Crippen molar-refractivity contribution < 1.29 is 9.59 Å². The molecule has 2 aromatic rings. The molecule has 2 aromatic carbocycles. The van der Waals surface area contributed by atoms with Crippen molar-refractivity contribution in [3.8, 4) is 0 Å². The first kappa shape index (κ1) is 23.2. The highest BCUT2D eigenvalue weighted by molar-refractivity contribution is 6.36. The van der Waals surface area contributed by atoms with Crippen molar-refractivity contribution in [1.82, 2.24) is 10.2 Å². The van der Waals surface area contributed by atoms with Gasteiger partial charge in [0.25, 0.3) is 0 Å². The fraction of sp³-hybridized carbons (Fsp3) is 0.391. The van der Waals surface area contributed by atoms with Crippen LogP contribution in [0.25, 0.3) is 0 Å². The third-order valence-electron chi connectivity index (χ3n) is 4.87. The lowest BCUT2D eigenvalue weighted by Crippen LogP contribution is -2.49. The molecule has 0 spiro atoms. The van der Waals surface area contributed by atoms with Gasteiger partial charge in [-0.15, -0.1) is 0 Å². The molecule has 29 heavy (non-hydrogen) atoms. The summed E-state index contributed by atoms with van der Waals surface area (Å²) in [6.07, 6.45) is 2.62. The highest BCUT2D eigenvalue weighted by Crippen LogP contribution is 2.25. The first-order chi connectivity index (χ1) is 13.9. The maximum absolute atomic E-state index is 13.1. The Morgan fingerprint density at radius 2 is 1.69 bits per heavy atom. The number of hydrogen-bond donors (Lipinski definition) is 1. The van der Waals surface area contributed by atoms with Gasteiger partial charge in [0.05, 0.1) is 6.42 Å². The molecule has 1 atom stereocenters. The van der Waals surface area contributed by atoms with E-state index in [0.717, 1.165) is 18.4 Å². The van der Waals surface area contributed by atoms with E-state index in [1.807, 2.05) is 30.3 Å². The number of carbonyl (C=O) groups excluding carboxylic acids is 2. The highest BCUT2D eigenvalue weighted by Gasteiger charge is 2.26. The van der Waals surface area contributed by atoms with E-state index in [1.54, 1.807) is 30.0 Å². The Kier molecular flexibility index (Phi) is 9.49. The monoisotopic (exact) mass is 434 g/mol. The lowest BCUT2D eigenvalue weighted by molar-refractivity contribution is -0.139. The maximum atomic E-state index is 13.1. The smallest absolute Gasteiger partial charge is 0.242 e. The molecule has 0 unspecified atom stereocenters. The topological polar surface area (TPSA) is 49.4 Å². The van der Waals surface area contributed by atoms with Crippen LogP contribution in [0.15, 0.2) is 48.5 Å². The van der Waals surface area contributed by atoms with Crippen molar-refractivity contribution in [1.29, 1.82) is 0 Å². The van der Waals surface area contributed by atoms with Crippen LogP contribution in [-0.4, -0.2) is 35.8 Å². The summed E-state index contributed by atoms with van der Waals surface area (Å²) in [6.45, 7) is 4.88. The van der Waals surface area contributed by atoms with Crippen molar-refractivity contribution in [2.75, 3.05) is 13.1 Å². The van der Waals surface area contributed by atoms with Gasteiger partial charge in [-0.3, -0.25) is 9.59 Å². The third-order valence-corrected chi connectivity index (χ3v) is 5.58. The van der Waals surface area contributed by atoms with Crippen LogP contribution in [0.3, 0.4) is 0 Å². The predicted octanol–water partition coefficient (Wildman–Crippen LogP) is 4.91. The summed E-state index contributed by atoms with van der Waals surface area (Å²) in [5.74, 6) is -0.320. The number of unbranched alkanes of at least 4 members (excludes halogenated alkanes) is 1. The number of rotatable bonds is 10. The first-order valence-electron chi connectivity index (χ1n) is 9.98. The summed E-state index contributed by atoms with van der Waals surface area (Å²) in [6, 6.07) is 14.5. The summed E-state index contributed by atoms with van der Waals surface area (Å²) >= 11 is 12.5. The molecule has 4 nitrogen and oxygen atoms in total. The highest BCUT2D eigenvalue weighted by atomic mass is 35.5. The van der Waals surface area contributed by atoms with E-state index in [-0.39, 0.29) is 18.2 Å². The van der Waals surface area contributed by atoms with Crippen molar-refractivity contribution in [3.05, 3.63) is 69.7 Å². The third kappa shape index (κ3) is 7.06. The van der Waals surface area contributed by atoms with E-state index >= 15 is 0 Å². The Balaban J connectivity index is 2.15. The van der Waals surface area contributed by atoms with E-state index in [4.69, 9.17) is 23.2 Å². The fourth-order valence-corrected chi connectivity index (χ4v) is 3.59. The molecule has 0 saturated carbocycles. The molecule has 0 bridgehead atoms. The maximum Gasteiger partial charge on any atom is 0.242 e. The Labute approximate surface area is 183 Å². The lowest BCUT2D eigenvalue weighted by atomic mass is 10.1. The fourth-order valence-electron chi connectivity index (χ4n) is 3.06. The minimum Gasteiger partial charge on any atom is -0.354 e. The minimum absolute atomic E-state index is 0.0554. The number of nitrogens with zero attached hydrogens (tertiary/aromatic N) is 1. The minimum atomic E-state index is -0.579. The SMILES string of the molecule is CCCCNC(=O)[C@@H](C)N(CCc1ccccc1)C(=O)Cc1c(Cl)cccc1Cl. The zero-order valence-corrected chi connectivity index (χ0v) is 18.5. The molecular formula is C23H28Cl2N2O2. The van der Waals surface area contributed by atoms with Gasteiger partial charge in [0.1, 0.15) is 6.04 Å². The van der Waals surface area contributed by atoms with Crippen LogP contribution in [-0.2, 0) is 22.4 Å². The molecule has 1 N–H and O–H groups in total. The molecule has 156 valence electrons. The van der Waals surface area contributed by atoms with E-state index < -0.39 is 6.04 Å². The van der Waals surface area contributed by atoms with Crippen molar-refractivity contribution in [3.63, 3.8) is 0 Å². The number of carbonyl (C=O) groups is 2. The molecule has 0 aliphatic heterocycles. The van der Waals surface area contributed by atoms with Gasteiger partial charge < -0.3 is 10.2 Å². The summed E-state index contributed by atoms with van der Waals surface area (Å²) < 4.78 is 0. The first-order valence-corrected chi connectivity index (χ1v) is 10.7. The van der Waals surface area contributed by atoms with Gasteiger partial charge in [-0.25, -0.2) is 0 Å². The Bertz CT molecular complexity index is 792. The summed E-state index contributed by atoms with van der Waals surface area (Å²) in [7, 11) is 0. The van der Waals surface area contributed by atoms with Gasteiger partial charge in [-0.05, 0) is 43.0 Å². The standard InChI is InChI=1S/C23H28Cl2N2O2/c1-3-4-14-26-23(29)17(2)27(15-13-18-9-6-5-7-10-18)22(28)16-19-20(24)11-8-12-21(19)25/h5-12,17H,3-4,13-16H2,1-2H3,(H,26,29)/t17-/m1/s1. The zero-order chi connectivity index (χ0) is 21.2. The van der Waals surface area contributed by atoms with Crippen LogP contribution in [0.4, 0.5) is 0 Å². The van der Waals surface area contributed by atoms with Crippen LogP contribution in [0.2, 0.25) is 10.0 Å². The average molecular weight is 435 g/mol. The molecule has 0 fully saturated rings. The molecule has 0 aliphatic rings. The van der Waals surface area contributed by atoms with Gasteiger partial charge in [0.15, 0.2) is 0 Å². The quantitative estimate of drug-likeness (QED) is 0.539. The van der Waals surface area contributed by atoms with Crippen LogP contribution >= 0.6 is 23.2 Å². The van der Waals surface area contributed by atoms with Gasteiger partial charge in [0.2, 0.25) is 11.8 Å². The van der Waals surface area contributed by atoms with Crippen molar-refractivity contribution in [2.45, 2.75) is 45.6 Å². The van der Waals surface area contributed by atoms with Gasteiger partial charge >= 0.3 is 0 Å². The van der Waals surface area contributed by atoms with Crippen LogP contribution in [0, 0.1) is 0 Å². The van der Waals surface area contributed by atoms with Gasteiger partial charge in [-0.2, -0.15) is 0 Å². The number of benzene rings is 2. The van der Waals surface area contributed by atoms with E-state index in [0.29, 0.717) is 35.1 Å². The largest absolute Gasteiger partial charge is 0.354 e. The number of amides is 2. The van der Waals surface area contributed by atoms with E-state index in [2.05, 4.69) is 12.2 Å².